The van der Waals surface area contributed by atoms with E-state index in [2.05, 4.69) is 22.0 Å². The number of nitrogens with one attached hydrogen (secondary N) is 1. The first kappa shape index (κ1) is 10.7. The second-order valence-corrected chi connectivity index (χ2v) is 3.99. The van der Waals surface area contributed by atoms with E-state index in [1.807, 2.05) is 24.3 Å². The van der Waals surface area contributed by atoms with Crippen LogP contribution in [0.25, 0.3) is 22.4 Å². The van der Waals surface area contributed by atoms with Crippen LogP contribution in [0.1, 0.15) is 12.5 Å². The third-order valence-electron chi connectivity index (χ3n) is 2.90. The lowest BCUT2D eigenvalue weighted by Crippen LogP contribution is -2.04. The van der Waals surface area contributed by atoms with Crippen molar-refractivity contribution < 1.29 is 4.52 Å². The molecule has 18 heavy (non-hydrogen) atoms. The number of fused-ring (bicyclic) bond motifs is 1. The van der Waals surface area contributed by atoms with Crippen LogP contribution < -0.4 is 5.56 Å². The smallest absolute Gasteiger partial charge is 0.297 e. The highest BCUT2D eigenvalue weighted by atomic mass is 16.5. The summed E-state index contributed by atoms with van der Waals surface area (Å²) < 4.78 is 5.03. The Morgan fingerprint density at radius 2 is 2.06 bits per heavy atom. The van der Waals surface area contributed by atoms with E-state index in [4.69, 9.17) is 4.52 Å². The van der Waals surface area contributed by atoms with Gasteiger partial charge in [-0.05, 0) is 12.0 Å². The highest BCUT2D eigenvalue weighted by Crippen LogP contribution is 2.24. The molecule has 0 saturated heterocycles. The molecule has 1 N–H and O–H groups in total. The van der Waals surface area contributed by atoms with Crippen molar-refractivity contribution in [2.45, 2.75) is 13.3 Å². The number of H-pyrrole nitrogens is 1. The van der Waals surface area contributed by atoms with E-state index in [-0.39, 0.29) is 11.1 Å². The molecule has 5 heteroatoms. The van der Waals surface area contributed by atoms with Crippen molar-refractivity contribution in [3.63, 3.8) is 0 Å². The average molecular weight is 241 g/mol. The number of hydrogen-bond donors (Lipinski definition) is 1. The van der Waals surface area contributed by atoms with E-state index >= 15 is 0 Å². The number of hydrogen-bond acceptors (Lipinski definition) is 4. The Balaban J connectivity index is 2.19. The van der Waals surface area contributed by atoms with Crippen molar-refractivity contribution in [1.82, 2.24) is 15.1 Å². The molecule has 90 valence electrons. The van der Waals surface area contributed by atoms with Gasteiger partial charge >= 0.3 is 0 Å². The maximum absolute atomic E-state index is 11.5. The quantitative estimate of drug-likeness (QED) is 0.746. The Morgan fingerprint density at radius 1 is 1.28 bits per heavy atom. The standard InChI is InChI=1S/C13H11N3O2/c1-2-8-3-5-9(6-4-8)10-11-12(18-16-10)13(17)15-7-14-11/h3-7H,2H2,1H3,(H,14,15,17). The number of benzene rings is 1. The molecular weight excluding hydrogens is 230 g/mol. The van der Waals surface area contributed by atoms with Crippen LogP contribution in [0.3, 0.4) is 0 Å². The summed E-state index contributed by atoms with van der Waals surface area (Å²) in [6.45, 7) is 2.10. The Kier molecular flexibility index (Phi) is 2.44. The molecule has 0 radical (unpaired) electrons. The van der Waals surface area contributed by atoms with E-state index in [9.17, 15) is 4.79 Å². The molecule has 0 spiro atoms. The van der Waals surface area contributed by atoms with Crippen LogP contribution in [-0.4, -0.2) is 15.1 Å². The van der Waals surface area contributed by atoms with E-state index in [0.717, 1.165) is 12.0 Å². The zero-order chi connectivity index (χ0) is 12.5. The highest BCUT2D eigenvalue weighted by Gasteiger charge is 2.13. The Labute approximate surface area is 102 Å². The van der Waals surface area contributed by atoms with Gasteiger partial charge in [-0.25, -0.2) is 4.98 Å². The van der Waals surface area contributed by atoms with Gasteiger partial charge in [0, 0.05) is 5.56 Å². The summed E-state index contributed by atoms with van der Waals surface area (Å²) >= 11 is 0. The van der Waals surface area contributed by atoms with Gasteiger partial charge in [-0.3, -0.25) is 4.79 Å². The van der Waals surface area contributed by atoms with Gasteiger partial charge in [0.2, 0.25) is 0 Å². The highest BCUT2D eigenvalue weighted by molar-refractivity contribution is 5.87. The normalized spacial score (nSPS) is 10.9. The van der Waals surface area contributed by atoms with Crippen molar-refractivity contribution in [2.24, 2.45) is 0 Å². The summed E-state index contributed by atoms with van der Waals surface area (Å²) in [5, 5.41) is 3.92. The van der Waals surface area contributed by atoms with Crippen molar-refractivity contribution in [1.29, 1.82) is 0 Å². The van der Waals surface area contributed by atoms with Crippen molar-refractivity contribution in [3.8, 4) is 11.3 Å². The Bertz CT molecular complexity index is 741. The molecule has 0 bridgehead atoms. The van der Waals surface area contributed by atoms with Gasteiger partial charge in [0.25, 0.3) is 11.1 Å². The molecule has 1 aromatic carbocycles. The molecule has 2 heterocycles. The molecule has 3 aromatic rings. The number of aromatic nitrogens is 3. The fraction of sp³-hybridized carbons (Fsp3) is 0.154. The molecule has 0 unspecified atom stereocenters. The third kappa shape index (κ3) is 1.60. The van der Waals surface area contributed by atoms with Gasteiger partial charge < -0.3 is 9.51 Å². The molecule has 0 fully saturated rings. The van der Waals surface area contributed by atoms with Crippen LogP contribution in [0.15, 0.2) is 39.9 Å². The summed E-state index contributed by atoms with van der Waals surface area (Å²) in [5.41, 5.74) is 3.07. The summed E-state index contributed by atoms with van der Waals surface area (Å²) in [7, 11) is 0. The number of aryl methyl sites for hydroxylation is 1. The van der Waals surface area contributed by atoms with E-state index < -0.39 is 0 Å². The first-order valence-corrected chi connectivity index (χ1v) is 5.72. The number of aromatic amines is 1. The van der Waals surface area contributed by atoms with Gasteiger partial charge in [0.1, 0.15) is 11.2 Å². The molecule has 3 rings (SSSR count). The van der Waals surface area contributed by atoms with Gasteiger partial charge in [0.05, 0.1) is 6.33 Å². The molecule has 5 nitrogen and oxygen atoms in total. The lowest BCUT2D eigenvalue weighted by atomic mass is 10.1. The largest absolute Gasteiger partial charge is 0.348 e. The topological polar surface area (TPSA) is 71.8 Å². The zero-order valence-electron chi connectivity index (χ0n) is 9.80. The molecule has 2 aromatic heterocycles. The SMILES string of the molecule is CCc1ccc(-c2noc3c(=O)[nH]cnc23)cc1. The minimum Gasteiger partial charge on any atom is -0.348 e. The summed E-state index contributed by atoms with van der Waals surface area (Å²) in [4.78, 5) is 18.1. The Morgan fingerprint density at radius 3 is 2.78 bits per heavy atom. The summed E-state index contributed by atoms with van der Waals surface area (Å²) in [6.07, 6.45) is 2.34. The fourth-order valence-corrected chi connectivity index (χ4v) is 1.86. The van der Waals surface area contributed by atoms with Gasteiger partial charge in [-0.1, -0.05) is 36.3 Å². The fourth-order valence-electron chi connectivity index (χ4n) is 1.86. The maximum atomic E-state index is 11.5. The molecule has 0 atom stereocenters. The first-order chi connectivity index (χ1) is 8.79. The molecule has 0 aliphatic rings. The summed E-state index contributed by atoms with van der Waals surface area (Å²) in [6, 6.07) is 7.98. The second-order valence-electron chi connectivity index (χ2n) is 3.99. The van der Waals surface area contributed by atoms with Crippen LogP contribution in [0.4, 0.5) is 0 Å². The minimum absolute atomic E-state index is 0.159. The molecular formula is C13H11N3O2. The van der Waals surface area contributed by atoms with Gasteiger partial charge in [0.15, 0.2) is 0 Å². The van der Waals surface area contributed by atoms with Gasteiger partial charge in [-0.2, -0.15) is 0 Å². The predicted octanol–water partition coefficient (Wildman–Crippen LogP) is 2.14. The van der Waals surface area contributed by atoms with Crippen LogP contribution >= 0.6 is 0 Å². The predicted molar refractivity (Wildman–Crippen MR) is 67.2 cm³/mol. The van der Waals surface area contributed by atoms with Crippen molar-refractivity contribution in [3.05, 3.63) is 46.5 Å². The lowest BCUT2D eigenvalue weighted by molar-refractivity contribution is 0.456. The average Bonchev–Trinajstić information content (AvgIpc) is 2.84. The molecule has 0 saturated carbocycles. The second kappa shape index (κ2) is 4.10. The summed E-state index contributed by atoms with van der Waals surface area (Å²) in [5.74, 6) is 0. The Hall–Kier alpha value is -2.43. The van der Waals surface area contributed by atoms with Crippen molar-refractivity contribution in [2.75, 3.05) is 0 Å². The number of nitrogens with zero attached hydrogens (tertiary/aromatic N) is 2. The zero-order valence-corrected chi connectivity index (χ0v) is 9.80. The lowest BCUT2D eigenvalue weighted by Gasteiger charge is -1.98. The van der Waals surface area contributed by atoms with Crippen LogP contribution in [0.2, 0.25) is 0 Å². The maximum Gasteiger partial charge on any atom is 0.297 e. The first-order valence-electron chi connectivity index (χ1n) is 5.72. The molecule has 0 aliphatic heterocycles. The molecule has 0 aliphatic carbocycles. The van der Waals surface area contributed by atoms with E-state index in [0.29, 0.717) is 11.2 Å². The van der Waals surface area contributed by atoms with Crippen LogP contribution in [-0.2, 0) is 6.42 Å². The minimum atomic E-state index is -0.316. The van der Waals surface area contributed by atoms with Gasteiger partial charge in [-0.15, -0.1) is 0 Å². The van der Waals surface area contributed by atoms with Crippen LogP contribution in [0, 0.1) is 0 Å². The monoisotopic (exact) mass is 241 g/mol. The van der Waals surface area contributed by atoms with E-state index in [1.165, 1.54) is 11.9 Å². The number of rotatable bonds is 2. The van der Waals surface area contributed by atoms with E-state index in [1.54, 1.807) is 0 Å². The third-order valence-corrected chi connectivity index (χ3v) is 2.90. The molecule has 0 amide bonds. The van der Waals surface area contributed by atoms with Crippen molar-refractivity contribution >= 4 is 11.1 Å². The van der Waals surface area contributed by atoms with Crippen LogP contribution in [0.5, 0.6) is 0 Å².